The fourth-order valence-corrected chi connectivity index (χ4v) is 1.95. The van der Waals surface area contributed by atoms with E-state index in [1.165, 1.54) is 11.3 Å². The zero-order valence-corrected chi connectivity index (χ0v) is 9.68. The molecule has 0 spiro atoms. The summed E-state index contributed by atoms with van der Waals surface area (Å²) in [6, 6.07) is 5.37. The van der Waals surface area contributed by atoms with Gasteiger partial charge in [0.15, 0.2) is 5.96 Å². The highest BCUT2D eigenvalue weighted by molar-refractivity contribution is 7.13. The summed E-state index contributed by atoms with van der Waals surface area (Å²) in [4.78, 5) is 12.3. The molecule has 0 radical (unpaired) electrons. The summed E-state index contributed by atoms with van der Waals surface area (Å²) >= 11 is 1.33. The maximum Gasteiger partial charge on any atom is 0.212 e. The number of thiazole rings is 1. The molecular formula is C10H11N5OS. The number of aliphatic hydroxyl groups excluding tert-OH is 1. The van der Waals surface area contributed by atoms with Crippen LogP contribution in [0.2, 0.25) is 0 Å². The number of aliphatic imine (C=N–C) groups is 1. The molecule has 2 aromatic heterocycles. The molecule has 17 heavy (non-hydrogen) atoms. The number of aromatic nitrogens is 2. The Morgan fingerprint density at radius 2 is 2.12 bits per heavy atom. The first-order valence-corrected chi connectivity index (χ1v) is 5.69. The minimum Gasteiger partial charge on any atom is -0.390 e. The molecule has 0 aliphatic rings. The minimum absolute atomic E-state index is 0.0250. The van der Waals surface area contributed by atoms with Gasteiger partial charge in [0.1, 0.15) is 5.69 Å². The molecular weight excluding hydrogens is 238 g/mol. The van der Waals surface area contributed by atoms with Gasteiger partial charge in [-0.15, -0.1) is 11.3 Å². The lowest BCUT2D eigenvalue weighted by molar-refractivity contribution is 0.277. The van der Waals surface area contributed by atoms with E-state index in [4.69, 9.17) is 16.6 Å². The number of pyridine rings is 1. The SMILES string of the molecule is NC(N)=Nc1nc(-c2cccc(CO)n2)cs1. The summed E-state index contributed by atoms with van der Waals surface area (Å²) < 4.78 is 0. The van der Waals surface area contributed by atoms with Gasteiger partial charge in [-0.2, -0.15) is 4.99 Å². The molecule has 0 atom stereocenters. The minimum atomic E-state index is -0.0985. The lowest BCUT2D eigenvalue weighted by Crippen LogP contribution is -2.21. The average molecular weight is 249 g/mol. The van der Waals surface area contributed by atoms with Crippen LogP contribution in [0.5, 0.6) is 0 Å². The van der Waals surface area contributed by atoms with Crippen LogP contribution < -0.4 is 11.5 Å². The van der Waals surface area contributed by atoms with Gasteiger partial charge in [-0.3, -0.25) is 0 Å². The van der Waals surface area contributed by atoms with Crippen molar-refractivity contribution in [3.8, 4) is 11.4 Å². The van der Waals surface area contributed by atoms with Crippen molar-refractivity contribution in [2.75, 3.05) is 0 Å². The highest BCUT2D eigenvalue weighted by atomic mass is 32.1. The van der Waals surface area contributed by atoms with Crippen molar-refractivity contribution in [2.45, 2.75) is 6.61 Å². The number of rotatable bonds is 3. The normalized spacial score (nSPS) is 10.2. The van der Waals surface area contributed by atoms with Crippen molar-refractivity contribution in [1.29, 1.82) is 0 Å². The Morgan fingerprint density at radius 1 is 1.29 bits per heavy atom. The average Bonchev–Trinajstić information content (AvgIpc) is 2.77. The molecule has 0 aromatic carbocycles. The van der Waals surface area contributed by atoms with Crippen LogP contribution in [0.4, 0.5) is 5.13 Å². The van der Waals surface area contributed by atoms with E-state index < -0.39 is 0 Å². The first kappa shape index (κ1) is 11.5. The molecule has 2 heterocycles. The molecule has 0 saturated heterocycles. The van der Waals surface area contributed by atoms with E-state index in [1.54, 1.807) is 6.07 Å². The van der Waals surface area contributed by atoms with Crippen molar-refractivity contribution >= 4 is 22.4 Å². The number of aliphatic hydroxyl groups is 1. The second kappa shape index (κ2) is 4.89. The molecule has 0 bridgehead atoms. The highest BCUT2D eigenvalue weighted by Crippen LogP contribution is 2.25. The number of nitrogens with two attached hydrogens (primary N) is 2. The first-order chi connectivity index (χ1) is 8.19. The first-order valence-electron chi connectivity index (χ1n) is 4.81. The van der Waals surface area contributed by atoms with Gasteiger partial charge in [0, 0.05) is 5.38 Å². The van der Waals surface area contributed by atoms with Gasteiger partial charge in [-0.1, -0.05) is 6.07 Å². The Morgan fingerprint density at radius 3 is 2.82 bits per heavy atom. The van der Waals surface area contributed by atoms with Gasteiger partial charge in [-0.05, 0) is 12.1 Å². The van der Waals surface area contributed by atoms with Crippen LogP contribution >= 0.6 is 11.3 Å². The van der Waals surface area contributed by atoms with Gasteiger partial charge in [-0.25, -0.2) is 9.97 Å². The Labute approximate surface area is 102 Å². The molecule has 5 N–H and O–H groups in total. The van der Waals surface area contributed by atoms with Crippen LogP contribution in [0.15, 0.2) is 28.6 Å². The van der Waals surface area contributed by atoms with Crippen molar-refractivity contribution in [1.82, 2.24) is 9.97 Å². The Hall–Kier alpha value is -1.99. The van der Waals surface area contributed by atoms with Gasteiger partial charge in [0.05, 0.1) is 18.0 Å². The number of guanidine groups is 1. The summed E-state index contributed by atoms with van der Waals surface area (Å²) in [6.45, 7) is -0.0985. The van der Waals surface area contributed by atoms with E-state index in [-0.39, 0.29) is 12.6 Å². The Bertz CT molecular complexity index is 547. The second-order valence-electron chi connectivity index (χ2n) is 3.22. The van der Waals surface area contributed by atoms with E-state index in [0.29, 0.717) is 22.2 Å². The van der Waals surface area contributed by atoms with Crippen molar-refractivity contribution in [2.24, 2.45) is 16.5 Å². The maximum absolute atomic E-state index is 9.00. The largest absolute Gasteiger partial charge is 0.390 e. The van der Waals surface area contributed by atoms with Crippen LogP contribution in [-0.4, -0.2) is 21.0 Å². The van der Waals surface area contributed by atoms with Crippen molar-refractivity contribution in [3.63, 3.8) is 0 Å². The van der Waals surface area contributed by atoms with Gasteiger partial charge in [0.25, 0.3) is 0 Å². The van der Waals surface area contributed by atoms with Gasteiger partial charge in [0.2, 0.25) is 5.13 Å². The van der Waals surface area contributed by atoms with Gasteiger partial charge >= 0.3 is 0 Å². The molecule has 2 aromatic rings. The molecule has 0 amide bonds. The summed E-state index contributed by atoms with van der Waals surface area (Å²) in [6.07, 6.45) is 0. The van der Waals surface area contributed by atoms with Crippen LogP contribution in [0.1, 0.15) is 5.69 Å². The molecule has 0 aliphatic heterocycles. The summed E-state index contributed by atoms with van der Waals surface area (Å²) in [7, 11) is 0. The third-order valence-electron chi connectivity index (χ3n) is 1.95. The highest BCUT2D eigenvalue weighted by Gasteiger charge is 2.06. The fourth-order valence-electron chi connectivity index (χ4n) is 1.25. The lowest BCUT2D eigenvalue weighted by atomic mass is 10.2. The number of nitrogens with zero attached hydrogens (tertiary/aromatic N) is 3. The van der Waals surface area contributed by atoms with E-state index in [2.05, 4.69) is 15.0 Å². The number of hydrogen-bond donors (Lipinski definition) is 3. The summed E-state index contributed by atoms with van der Waals surface area (Å²) in [5.74, 6) is -0.0250. The van der Waals surface area contributed by atoms with Crippen LogP contribution in [0, 0.1) is 0 Å². The third kappa shape index (κ3) is 2.77. The molecule has 0 aliphatic carbocycles. The van der Waals surface area contributed by atoms with Crippen molar-refractivity contribution < 1.29 is 5.11 Å². The molecule has 7 heteroatoms. The summed E-state index contributed by atoms with van der Waals surface area (Å²) in [5.41, 5.74) is 12.5. The zero-order chi connectivity index (χ0) is 12.3. The zero-order valence-electron chi connectivity index (χ0n) is 8.87. The van der Waals surface area contributed by atoms with Crippen LogP contribution in [-0.2, 0) is 6.61 Å². The van der Waals surface area contributed by atoms with Crippen LogP contribution in [0.25, 0.3) is 11.4 Å². The molecule has 88 valence electrons. The van der Waals surface area contributed by atoms with E-state index in [9.17, 15) is 0 Å². The van der Waals surface area contributed by atoms with Gasteiger partial charge < -0.3 is 16.6 Å². The smallest absolute Gasteiger partial charge is 0.212 e. The fraction of sp³-hybridized carbons (Fsp3) is 0.100. The maximum atomic E-state index is 9.00. The van der Waals surface area contributed by atoms with Crippen molar-refractivity contribution in [3.05, 3.63) is 29.3 Å². The molecule has 6 nitrogen and oxygen atoms in total. The van der Waals surface area contributed by atoms with Crippen LogP contribution in [0.3, 0.4) is 0 Å². The predicted molar refractivity (Wildman–Crippen MR) is 66.7 cm³/mol. The van der Waals surface area contributed by atoms with E-state index in [0.717, 1.165) is 0 Å². The number of hydrogen-bond acceptors (Lipinski definition) is 5. The Kier molecular flexibility index (Phi) is 3.31. The topological polar surface area (TPSA) is 110 Å². The van der Waals surface area contributed by atoms with E-state index in [1.807, 2.05) is 17.5 Å². The molecule has 0 saturated carbocycles. The standard InChI is InChI=1S/C10H11N5OS/c11-9(12)15-10-14-8(5-17-10)7-3-1-2-6(4-16)13-7/h1-3,5,16H,4H2,(H4,11,12,14,15). The molecule has 2 rings (SSSR count). The predicted octanol–water partition coefficient (Wildman–Crippen LogP) is 0.602. The third-order valence-corrected chi connectivity index (χ3v) is 2.68. The molecule has 0 fully saturated rings. The Balaban J connectivity index is 2.33. The van der Waals surface area contributed by atoms with E-state index >= 15 is 0 Å². The molecule has 0 unspecified atom stereocenters. The second-order valence-corrected chi connectivity index (χ2v) is 4.06. The quantitative estimate of drug-likeness (QED) is 0.545. The monoisotopic (exact) mass is 249 g/mol. The summed E-state index contributed by atoms with van der Waals surface area (Å²) in [5, 5.41) is 11.3. The lowest BCUT2D eigenvalue weighted by Gasteiger charge is -1.98.